The number of rotatable bonds is 3. The van der Waals surface area contributed by atoms with Gasteiger partial charge in [0.2, 0.25) is 0 Å². The van der Waals surface area contributed by atoms with Gasteiger partial charge in [-0.15, -0.1) is 0 Å². The summed E-state index contributed by atoms with van der Waals surface area (Å²) in [7, 11) is 0. The maximum absolute atomic E-state index is 6.83. The second-order valence-electron chi connectivity index (χ2n) is 13.4. The zero-order valence-corrected chi connectivity index (χ0v) is 27.4. The third kappa shape index (κ3) is 3.52. The molecule has 4 aromatic heterocycles. The minimum absolute atomic E-state index is 0.0948. The second kappa shape index (κ2) is 9.86. The first-order chi connectivity index (χ1) is 25.3. The minimum atomic E-state index is -0.0948. The highest BCUT2D eigenvalue weighted by Crippen LogP contribution is 2.47. The Kier molecular flexibility index (Phi) is 5.23. The van der Waals surface area contributed by atoms with Crippen LogP contribution in [0.5, 0.6) is 11.6 Å². The zero-order chi connectivity index (χ0) is 33.2. The Labute approximate surface area is 293 Å². The number of hydrogen-bond donors (Lipinski definition) is 0. The Morgan fingerprint density at radius 3 is 1.61 bits per heavy atom. The standard InChI is InChI=1S/C44H28BN5O/c1-5-17-34-30(13-1)31-14-2-6-18-35(31)48(34)29-27-40-44-41(28-29)51-43-24-12-26-47(43)45(44)46-25-11-23-42(46)50(40)39-22-10-9-21-38(39)49-36-19-7-3-15-32(36)33-16-4-8-20-37(33)49/h1-28H. The Morgan fingerprint density at radius 1 is 0.431 bits per heavy atom. The highest BCUT2D eigenvalue weighted by molar-refractivity contribution is 6.74. The molecule has 0 fully saturated rings. The number of fused-ring (bicyclic) bond motifs is 10. The van der Waals surface area contributed by atoms with E-state index in [9.17, 15) is 0 Å². The van der Waals surface area contributed by atoms with Gasteiger partial charge in [-0.2, -0.15) is 0 Å². The van der Waals surface area contributed by atoms with Crippen LogP contribution in [0.25, 0.3) is 55.0 Å². The first-order valence-corrected chi connectivity index (χ1v) is 17.4. The lowest BCUT2D eigenvalue weighted by Crippen LogP contribution is -2.53. The van der Waals surface area contributed by atoms with E-state index in [0.29, 0.717) is 0 Å². The summed E-state index contributed by atoms with van der Waals surface area (Å²) in [6.07, 6.45) is 4.32. The van der Waals surface area contributed by atoms with Gasteiger partial charge in [-0.1, -0.05) is 84.9 Å². The summed E-state index contributed by atoms with van der Waals surface area (Å²) in [4.78, 5) is 2.43. The van der Waals surface area contributed by atoms with Crippen molar-refractivity contribution in [2.45, 2.75) is 0 Å². The third-order valence-electron chi connectivity index (χ3n) is 10.9. The molecular weight excluding hydrogens is 625 g/mol. The van der Waals surface area contributed by atoms with Crippen molar-refractivity contribution in [2.24, 2.45) is 0 Å². The van der Waals surface area contributed by atoms with Crippen LogP contribution in [0.4, 0.5) is 17.2 Å². The Morgan fingerprint density at radius 2 is 0.961 bits per heavy atom. The van der Waals surface area contributed by atoms with Crippen molar-refractivity contribution in [1.82, 2.24) is 18.1 Å². The Hall–Kier alpha value is -6.86. The summed E-state index contributed by atoms with van der Waals surface area (Å²) in [6, 6.07) is 56.7. The molecule has 0 saturated heterocycles. The SMILES string of the molecule is c1ccc(-n2c3ccccc3c3ccccc32)c(N2c3cc(-n4c5ccccc5c5ccccc54)cc4c3B(n3cccc3O4)n3cccc32)c1. The van der Waals surface area contributed by atoms with Gasteiger partial charge in [0.15, 0.2) is 5.88 Å². The third-order valence-corrected chi connectivity index (χ3v) is 10.9. The predicted molar refractivity (Wildman–Crippen MR) is 208 cm³/mol. The molecule has 12 rings (SSSR count). The maximum Gasteiger partial charge on any atom is 0.429 e. The summed E-state index contributed by atoms with van der Waals surface area (Å²) in [6.45, 7) is -0.0948. The monoisotopic (exact) mass is 653 g/mol. The zero-order valence-electron chi connectivity index (χ0n) is 27.4. The van der Waals surface area contributed by atoms with E-state index in [4.69, 9.17) is 4.74 Å². The van der Waals surface area contributed by atoms with Gasteiger partial charge in [0.1, 0.15) is 11.6 Å². The predicted octanol–water partition coefficient (Wildman–Crippen LogP) is 10.2. The van der Waals surface area contributed by atoms with E-state index >= 15 is 0 Å². The van der Waals surface area contributed by atoms with E-state index in [2.05, 4.69) is 193 Å². The molecule has 2 aliphatic heterocycles. The largest absolute Gasteiger partial charge is 0.442 e. The quantitative estimate of drug-likeness (QED) is 0.178. The van der Waals surface area contributed by atoms with E-state index in [1.54, 1.807) is 0 Å². The van der Waals surface area contributed by atoms with Crippen LogP contribution in [-0.2, 0) is 0 Å². The van der Waals surface area contributed by atoms with Crippen LogP contribution in [-0.4, -0.2) is 25.1 Å². The molecule has 238 valence electrons. The summed E-state index contributed by atoms with van der Waals surface area (Å²) in [5.74, 6) is 2.78. The highest BCUT2D eigenvalue weighted by atomic mass is 16.5. The van der Waals surface area contributed by atoms with Crippen LogP contribution in [0, 0.1) is 0 Å². The van der Waals surface area contributed by atoms with Gasteiger partial charge in [0.25, 0.3) is 0 Å². The molecule has 6 aromatic carbocycles. The smallest absolute Gasteiger partial charge is 0.429 e. The van der Waals surface area contributed by atoms with Crippen molar-refractivity contribution in [2.75, 3.05) is 4.90 Å². The molecule has 0 N–H and O–H groups in total. The fourth-order valence-corrected chi connectivity index (χ4v) is 8.83. The van der Waals surface area contributed by atoms with Crippen molar-refractivity contribution in [3.8, 4) is 23.0 Å². The number of aromatic nitrogens is 4. The lowest BCUT2D eigenvalue weighted by molar-refractivity contribution is 0.453. The molecule has 6 heterocycles. The molecule has 0 saturated carbocycles. The van der Waals surface area contributed by atoms with Crippen molar-refractivity contribution >= 4 is 73.2 Å². The average molecular weight is 654 g/mol. The molecule has 0 amide bonds. The molecule has 7 heteroatoms. The number of anilines is 3. The van der Waals surface area contributed by atoms with Gasteiger partial charge < -0.3 is 22.8 Å². The van der Waals surface area contributed by atoms with Crippen molar-refractivity contribution in [1.29, 1.82) is 0 Å². The number of nitrogens with zero attached hydrogens (tertiary/aromatic N) is 5. The average Bonchev–Trinajstić information content (AvgIpc) is 3.98. The van der Waals surface area contributed by atoms with Gasteiger partial charge in [-0.05, 0) is 79.1 Å². The molecule has 51 heavy (non-hydrogen) atoms. The van der Waals surface area contributed by atoms with Gasteiger partial charge in [-0.3, -0.25) is 4.90 Å². The lowest BCUT2D eigenvalue weighted by atomic mass is 9.63. The first-order valence-electron chi connectivity index (χ1n) is 17.4. The summed E-state index contributed by atoms with van der Waals surface area (Å²) in [5, 5.41) is 4.94. The number of ether oxygens (including phenoxy) is 1. The van der Waals surface area contributed by atoms with Crippen molar-refractivity contribution < 1.29 is 4.74 Å². The fourth-order valence-electron chi connectivity index (χ4n) is 8.83. The lowest BCUT2D eigenvalue weighted by Gasteiger charge is -2.40. The van der Waals surface area contributed by atoms with Crippen LogP contribution in [0.15, 0.2) is 170 Å². The fraction of sp³-hybridized carbons (Fsp3) is 0. The van der Waals surface area contributed by atoms with Gasteiger partial charge in [0, 0.05) is 33.1 Å². The molecule has 0 atom stereocenters. The normalized spacial score (nSPS) is 13.2. The van der Waals surface area contributed by atoms with E-state index in [-0.39, 0.29) is 6.98 Å². The molecule has 10 aromatic rings. The Balaban J connectivity index is 1.19. The molecule has 2 aliphatic rings. The van der Waals surface area contributed by atoms with Gasteiger partial charge in [-0.25, -0.2) is 0 Å². The summed E-state index contributed by atoms with van der Waals surface area (Å²) < 4.78 is 16.2. The first kappa shape index (κ1) is 27.0. The number of benzene rings is 6. The molecule has 0 unspecified atom stereocenters. The highest BCUT2D eigenvalue weighted by Gasteiger charge is 2.43. The molecule has 0 bridgehead atoms. The summed E-state index contributed by atoms with van der Waals surface area (Å²) in [5.41, 5.74) is 10.2. The van der Waals surface area contributed by atoms with Crippen molar-refractivity contribution in [3.63, 3.8) is 0 Å². The van der Waals surface area contributed by atoms with Crippen molar-refractivity contribution in [3.05, 3.63) is 170 Å². The molecule has 0 aliphatic carbocycles. The van der Waals surface area contributed by atoms with E-state index in [1.165, 1.54) is 32.6 Å². The van der Waals surface area contributed by atoms with E-state index in [0.717, 1.165) is 56.7 Å². The summed E-state index contributed by atoms with van der Waals surface area (Å²) >= 11 is 0. The van der Waals surface area contributed by atoms with E-state index in [1.807, 2.05) is 0 Å². The second-order valence-corrected chi connectivity index (χ2v) is 13.4. The molecule has 0 spiro atoms. The molecule has 6 nitrogen and oxygen atoms in total. The van der Waals surface area contributed by atoms with Gasteiger partial charge in [0.05, 0.1) is 44.8 Å². The van der Waals surface area contributed by atoms with Crippen LogP contribution < -0.4 is 15.1 Å². The molecule has 0 radical (unpaired) electrons. The van der Waals surface area contributed by atoms with Crippen LogP contribution in [0.2, 0.25) is 0 Å². The number of hydrogen-bond acceptors (Lipinski definition) is 2. The minimum Gasteiger partial charge on any atom is -0.442 e. The van der Waals surface area contributed by atoms with Gasteiger partial charge >= 0.3 is 6.98 Å². The van der Waals surface area contributed by atoms with E-state index < -0.39 is 0 Å². The van der Waals surface area contributed by atoms with Crippen LogP contribution in [0.1, 0.15) is 0 Å². The Bertz CT molecular complexity index is 2950. The molecular formula is C44H28BN5O. The topological polar surface area (TPSA) is 32.2 Å². The maximum atomic E-state index is 6.83. The number of para-hydroxylation sites is 6. The van der Waals surface area contributed by atoms with Crippen LogP contribution in [0.3, 0.4) is 0 Å². The van der Waals surface area contributed by atoms with Crippen LogP contribution >= 0.6 is 0 Å².